The summed E-state index contributed by atoms with van der Waals surface area (Å²) in [6.45, 7) is 4.05. The predicted octanol–water partition coefficient (Wildman–Crippen LogP) is 2.76. The van der Waals surface area contributed by atoms with Crippen LogP contribution in [0.3, 0.4) is 0 Å². The third kappa shape index (κ3) is 4.11. The number of alkyl halides is 3. The summed E-state index contributed by atoms with van der Waals surface area (Å²) in [4.78, 5) is 1.65. The van der Waals surface area contributed by atoms with E-state index in [0.29, 0.717) is 18.5 Å². The Morgan fingerprint density at radius 2 is 1.95 bits per heavy atom. The second-order valence-electron chi connectivity index (χ2n) is 4.92. The second-order valence-corrected chi connectivity index (χ2v) is 4.92. The van der Waals surface area contributed by atoms with Crippen LogP contribution in [0.5, 0.6) is 0 Å². The molecule has 0 heterocycles. The molecule has 1 rings (SSSR count). The van der Waals surface area contributed by atoms with E-state index in [1.165, 1.54) is 6.07 Å². The van der Waals surface area contributed by atoms with Crippen LogP contribution in [0.4, 0.5) is 18.9 Å². The molecule has 0 unspecified atom stereocenters. The molecule has 1 aromatic carbocycles. The first-order chi connectivity index (χ1) is 9.31. The van der Waals surface area contributed by atoms with Crippen LogP contribution in [0.2, 0.25) is 0 Å². The van der Waals surface area contributed by atoms with Crippen molar-refractivity contribution < 1.29 is 18.3 Å². The van der Waals surface area contributed by atoms with E-state index in [4.69, 9.17) is 10.8 Å². The smallest absolute Gasteiger partial charge is 0.396 e. The quantitative estimate of drug-likeness (QED) is 0.847. The van der Waals surface area contributed by atoms with E-state index in [9.17, 15) is 13.2 Å². The minimum absolute atomic E-state index is 0.0501. The van der Waals surface area contributed by atoms with Gasteiger partial charge in [-0.1, -0.05) is 6.07 Å². The Morgan fingerprint density at radius 3 is 2.40 bits per heavy atom. The van der Waals surface area contributed by atoms with Crippen molar-refractivity contribution in [1.29, 1.82) is 0 Å². The molecule has 1 aromatic rings. The van der Waals surface area contributed by atoms with Crippen molar-refractivity contribution in [2.24, 2.45) is 5.73 Å². The first kappa shape index (κ1) is 16.8. The molecule has 0 spiro atoms. The van der Waals surface area contributed by atoms with E-state index in [1.807, 2.05) is 13.8 Å². The Morgan fingerprint density at radius 1 is 1.30 bits per heavy atom. The lowest BCUT2D eigenvalue weighted by Gasteiger charge is -2.31. The number of aliphatic hydroxyl groups is 1. The summed E-state index contributed by atoms with van der Waals surface area (Å²) in [5.41, 5.74) is 5.33. The van der Waals surface area contributed by atoms with Gasteiger partial charge in [0, 0.05) is 31.4 Å². The first-order valence-electron chi connectivity index (χ1n) is 6.59. The maximum absolute atomic E-state index is 13.2. The molecule has 0 aromatic heterocycles. The van der Waals surface area contributed by atoms with Crippen LogP contribution < -0.4 is 10.6 Å². The molecular weight excluding hydrogens is 269 g/mol. The third-order valence-corrected chi connectivity index (χ3v) is 3.09. The maximum atomic E-state index is 13.2. The summed E-state index contributed by atoms with van der Waals surface area (Å²) in [5, 5.41) is 8.89. The largest absolute Gasteiger partial charge is 0.418 e. The van der Waals surface area contributed by atoms with E-state index >= 15 is 0 Å². The SMILES string of the molecule is CC(C)N(CCCO)c1ccc(CN)cc1C(F)(F)F. The Labute approximate surface area is 117 Å². The van der Waals surface area contributed by atoms with Gasteiger partial charge >= 0.3 is 6.18 Å². The Bertz CT molecular complexity index is 433. The summed E-state index contributed by atoms with van der Waals surface area (Å²) >= 11 is 0. The van der Waals surface area contributed by atoms with E-state index < -0.39 is 11.7 Å². The molecule has 0 aliphatic heterocycles. The normalized spacial score (nSPS) is 12.0. The number of rotatable bonds is 6. The Kier molecular flexibility index (Phi) is 5.83. The lowest BCUT2D eigenvalue weighted by Crippen LogP contribution is -2.34. The summed E-state index contributed by atoms with van der Waals surface area (Å²) in [5.74, 6) is 0. The molecule has 6 heteroatoms. The molecule has 0 saturated heterocycles. The van der Waals surface area contributed by atoms with Gasteiger partial charge in [-0.25, -0.2) is 0 Å². The van der Waals surface area contributed by atoms with Gasteiger partial charge in [-0.05, 0) is 38.0 Å². The standard InChI is InChI=1S/C14H21F3N2O/c1-10(2)19(6-3-7-20)13-5-4-11(9-18)8-12(13)14(15,16)17/h4-5,8,10,20H,3,6-7,9,18H2,1-2H3. The molecule has 0 fully saturated rings. The van der Waals surface area contributed by atoms with Gasteiger partial charge < -0.3 is 15.7 Å². The Hall–Kier alpha value is -1.27. The molecule has 0 atom stereocenters. The van der Waals surface area contributed by atoms with Gasteiger partial charge in [-0.2, -0.15) is 13.2 Å². The Balaban J connectivity index is 3.26. The molecule has 20 heavy (non-hydrogen) atoms. The fourth-order valence-corrected chi connectivity index (χ4v) is 2.09. The van der Waals surface area contributed by atoms with Crippen LogP contribution >= 0.6 is 0 Å². The monoisotopic (exact) mass is 290 g/mol. The minimum atomic E-state index is -4.42. The first-order valence-corrected chi connectivity index (χ1v) is 6.59. The van der Waals surface area contributed by atoms with E-state index in [0.717, 1.165) is 6.07 Å². The van der Waals surface area contributed by atoms with Crippen LogP contribution in [-0.2, 0) is 12.7 Å². The highest BCUT2D eigenvalue weighted by Crippen LogP contribution is 2.38. The van der Waals surface area contributed by atoms with Crippen LogP contribution in [0.15, 0.2) is 18.2 Å². The molecule has 3 N–H and O–H groups in total. The van der Waals surface area contributed by atoms with Crippen molar-refractivity contribution in [2.75, 3.05) is 18.1 Å². The van der Waals surface area contributed by atoms with Crippen molar-refractivity contribution in [3.8, 4) is 0 Å². The molecule has 3 nitrogen and oxygen atoms in total. The van der Waals surface area contributed by atoms with Crippen LogP contribution in [0.25, 0.3) is 0 Å². The van der Waals surface area contributed by atoms with Crippen molar-refractivity contribution in [2.45, 2.75) is 39.0 Å². The maximum Gasteiger partial charge on any atom is 0.418 e. The van der Waals surface area contributed by atoms with Gasteiger partial charge in [-0.3, -0.25) is 0 Å². The fraction of sp³-hybridized carbons (Fsp3) is 0.571. The van der Waals surface area contributed by atoms with Gasteiger partial charge in [0.15, 0.2) is 0 Å². The second kappa shape index (κ2) is 6.95. The molecule has 114 valence electrons. The minimum Gasteiger partial charge on any atom is -0.396 e. The summed E-state index contributed by atoms with van der Waals surface area (Å²) in [6, 6.07) is 4.08. The van der Waals surface area contributed by atoms with Gasteiger partial charge in [0.25, 0.3) is 0 Å². The van der Waals surface area contributed by atoms with Gasteiger partial charge in [-0.15, -0.1) is 0 Å². The average Bonchev–Trinajstić information content (AvgIpc) is 2.37. The summed E-state index contributed by atoms with van der Waals surface area (Å²) < 4.78 is 39.6. The van der Waals surface area contributed by atoms with Crippen LogP contribution in [0.1, 0.15) is 31.4 Å². The number of halogens is 3. The van der Waals surface area contributed by atoms with Crippen LogP contribution in [-0.4, -0.2) is 24.3 Å². The molecule has 0 aliphatic carbocycles. The predicted molar refractivity (Wildman–Crippen MR) is 73.5 cm³/mol. The zero-order valence-electron chi connectivity index (χ0n) is 11.7. The average molecular weight is 290 g/mol. The van der Waals surface area contributed by atoms with E-state index in [2.05, 4.69) is 0 Å². The number of benzene rings is 1. The van der Waals surface area contributed by atoms with Gasteiger partial charge in [0.2, 0.25) is 0 Å². The number of hydrogen-bond donors (Lipinski definition) is 2. The van der Waals surface area contributed by atoms with Crippen molar-refractivity contribution in [3.63, 3.8) is 0 Å². The zero-order valence-corrected chi connectivity index (χ0v) is 11.7. The molecule has 0 amide bonds. The highest BCUT2D eigenvalue weighted by atomic mass is 19.4. The summed E-state index contributed by atoms with van der Waals surface area (Å²) in [7, 11) is 0. The van der Waals surface area contributed by atoms with E-state index in [-0.39, 0.29) is 24.9 Å². The summed E-state index contributed by atoms with van der Waals surface area (Å²) in [6.07, 6.45) is -4.00. The third-order valence-electron chi connectivity index (χ3n) is 3.09. The molecule has 0 saturated carbocycles. The number of hydrogen-bond acceptors (Lipinski definition) is 3. The van der Waals surface area contributed by atoms with Gasteiger partial charge in [0.1, 0.15) is 0 Å². The lowest BCUT2D eigenvalue weighted by atomic mass is 10.1. The fourth-order valence-electron chi connectivity index (χ4n) is 2.09. The molecular formula is C14H21F3N2O. The number of nitrogens with two attached hydrogens (primary N) is 1. The molecule has 0 bridgehead atoms. The highest BCUT2D eigenvalue weighted by Gasteiger charge is 2.35. The highest BCUT2D eigenvalue weighted by molar-refractivity contribution is 5.57. The molecule has 0 radical (unpaired) electrons. The number of anilines is 1. The van der Waals surface area contributed by atoms with Crippen molar-refractivity contribution >= 4 is 5.69 Å². The molecule has 0 aliphatic rings. The van der Waals surface area contributed by atoms with Crippen LogP contribution in [0, 0.1) is 0 Å². The topological polar surface area (TPSA) is 49.5 Å². The lowest BCUT2D eigenvalue weighted by molar-refractivity contribution is -0.137. The van der Waals surface area contributed by atoms with Crippen molar-refractivity contribution in [1.82, 2.24) is 0 Å². The van der Waals surface area contributed by atoms with E-state index in [1.54, 1.807) is 11.0 Å². The zero-order chi connectivity index (χ0) is 15.3. The number of nitrogens with zero attached hydrogens (tertiary/aromatic N) is 1. The van der Waals surface area contributed by atoms with Crippen molar-refractivity contribution in [3.05, 3.63) is 29.3 Å². The number of aliphatic hydroxyl groups excluding tert-OH is 1. The van der Waals surface area contributed by atoms with Gasteiger partial charge in [0.05, 0.1) is 5.56 Å².